The Morgan fingerprint density at radius 3 is 2.94 bits per heavy atom. The average molecular weight is 223 g/mol. The minimum absolute atomic E-state index is 0.717. The molecule has 0 radical (unpaired) electrons. The minimum atomic E-state index is 0.717. The first-order valence-electron chi connectivity index (χ1n) is 5.65. The van der Waals surface area contributed by atoms with Gasteiger partial charge in [-0.1, -0.05) is 17.7 Å². The summed E-state index contributed by atoms with van der Waals surface area (Å²) in [5, 5.41) is 5.71. The van der Waals surface area contributed by atoms with E-state index in [-0.39, 0.29) is 0 Å². The lowest BCUT2D eigenvalue weighted by atomic mass is 10.2. The number of rotatable bonds is 2. The van der Waals surface area contributed by atoms with Crippen molar-refractivity contribution in [3.8, 4) is 0 Å². The van der Waals surface area contributed by atoms with Gasteiger partial charge in [0, 0.05) is 17.8 Å². The van der Waals surface area contributed by atoms with E-state index < -0.39 is 0 Å². The molecule has 3 heteroatoms. The van der Waals surface area contributed by atoms with Gasteiger partial charge in [0.15, 0.2) is 0 Å². The van der Waals surface area contributed by atoms with Gasteiger partial charge in [-0.15, -0.1) is 0 Å². The Labute approximate surface area is 99.7 Å². The van der Waals surface area contributed by atoms with Gasteiger partial charge < -0.3 is 0 Å². The molecule has 0 aliphatic rings. The Balaban J connectivity index is 1.96. The van der Waals surface area contributed by atoms with Crippen molar-refractivity contribution in [2.75, 3.05) is 0 Å². The number of fused-ring (bicyclic) bond motifs is 1. The first-order valence-corrected chi connectivity index (χ1v) is 5.65. The first-order chi connectivity index (χ1) is 8.31. The number of aromatic nitrogens is 3. The quantitative estimate of drug-likeness (QED) is 0.668. The standard InChI is InChI=1S/C14H13N3/c1-11-5-6-14-12(8-11)9-17(16-14)10-13-4-2-3-7-15-13/h2-9H,10H2,1H3. The van der Waals surface area contributed by atoms with Crippen LogP contribution in [-0.2, 0) is 6.54 Å². The molecule has 0 atom stereocenters. The molecule has 0 bridgehead atoms. The summed E-state index contributed by atoms with van der Waals surface area (Å²) in [6, 6.07) is 12.2. The molecule has 17 heavy (non-hydrogen) atoms. The van der Waals surface area contributed by atoms with Gasteiger partial charge in [-0.25, -0.2) is 0 Å². The van der Waals surface area contributed by atoms with Crippen molar-refractivity contribution in [3.05, 3.63) is 60.0 Å². The molecule has 0 saturated heterocycles. The molecule has 0 aliphatic carbocycles. The maximum absolute atomic E-state index is 4.53. The monoisotopic (exact) mass is 223 g/mol. The lowest BCUT2D eigenvalue weighted by Crippen LogP contribution is -2.01. The molecule has 3 aromatic rings. The van der Waals surface area contributed by atoms with Gasteiger partial charge in [0.25, 0.3) is 0 Å². The summed E-state index contributed by atoms with van der Waals surface area (Å²) in [7, 11) is 0. The molecule has 0 aliphatic heterocycles. The van der Waals surface area contributed by atoms with Crippen LogP contribution in [0.15, 0.2) is 48.8 Å². The molecule has 0 fully saturated rings. The third-order valence-electron chi connectivity index (χ3n) is 2.76. The summed E-state index contributed by atoms with van der Waals surface area (Å²) in [4.78, 5) is 4.30. The maximum atomic E-state index is 4.53. The molecule has 2 heterocycles. The number of benzene rings is 1. The smallest absolute Gasteiger partial charge is 0.0923 e. The van der Waals surface area contributed by atoms with Crippen molar-refractivity contribution in [2.45, 2.75) is 13.5 Å². The van der Waals surface area contributed by atoms with E-state index in [4.69, 9.17) is 0 Å². The summed E-state index contributed by atoms with van der Waals surface area (Å²) in [6.45, 7) is 2.81. The summed E-state index contributed by atoms with van der Waals surface area (Å²) >= 11 is 0. The van der Waals surface area contributed by atoms with E-state index >= 15 is 0 Å². The van der Waals surface area contributed by atoms with Crippen molar-refractivity contribution >= 4 is 10.9 Å². The summed E-state index contributed by atoms with van der Waals surface area (Å²) in [5.41, 5.74) is 3.32. The maximum Gasteiger partial charge on any atom is 0.0923 e. The largest absolute Gasteiger partial charge is 0.266 e. The molecule has 84 valence electrons. The van der Waals surface area contributed by atoms with Crippen LogP contribution in [0.1, 0.15) is 11.3 Å². The van der Waals surface area contributed by atoms with Crippen LogP contribution >= 0.6 is 0 Å². The predicted molar refractivity (Wildman–Crippen MR) is 67.8 cm³/mol. The molecule has 0 unspecified atom stereocenters. The fourth-order valence-electron chi connectivity index (χ4n) is 1.93. The van der Waals surface area contributed by atoms with E-state index in [1.807, 2.05) is 29.1 Å². The first kappa shape index (κ1) is 10.0. The average Bonchev–Trinajstić information content (AvgIpc) is 2.71. The Hall–Kier alpha value is -2.16. The number of hydrogen-bond acceptors (Lipinski definition) is 2. The van der Waals surface area contributed by atoms with Crippen LogP contribution in [0.3, 0.4) is 0 Å². The van der Waals surface area contributed by atoms with Crippen molar-refractivity contribution < 1.29 is 0 Å². The zero-order valence-electron chi connectivity index (χ0n) is 9.67. The molecule has 0 saturated carbocycles. The minimum Gasteiger partial charge on any atom is -0.266 e. The summed E-state index contributed by atoms with van der Waals surface area (Å²) in [6.07, 6.45) is 3.87. The van der Waals surface area contributed by atoms with E-state index in [9.17, 15) is 0 Å². The normalized spacial score (nSPS) is 10.9. The molecular formula is C14H13N3. The number of hydrogen-bond donors (Lipinski definition) is 0. The van der Waals surface area contributed by atoms with Crippen LogP contribution in [-0.4, -0.2) is 14.8 Å². The second-order valence-corrected chi connectivity index (χ2v) is 4.21. The molecule has 1 aromatic carbocycles. The van der Waals surface area contributed by atoms with Crippen LogP contribution < -0.4 is 0 Å². The van der Waals surface area contributed by atoms with E-state index in [1.165, 1.54) is 10.9 Å². The SMILES string of the molecule is Cc1ccc2nn(Cc3ccccn3)cc2c1. The molecule has 0 N–H and O–H groups in total. The highest BCUT2D eigenvalue weighted by atomic mass is 15.3. The van der Waals surface area contributed by atoms with E-state index in [0.717, 1.165) is 11.2 Å². The highest BCUT2D eigenvalue weighted by molar-refractivity contribution is 5.78. The lowest BCUT2D eigenvalue weighted by Gasteiger charge is -1.99. The molecular weight excluding hydrogens is 210 g/mol. The fraction of sp³-hybridized carbons (Fsp3) is 0.143. The highest BCUT2D eigenvalue weighted by Crippen LogP contribution is 2.14. The lowest BCUT2D eigenvalue weighted by molar-refractivity contribution is 0.681. The Bertz CT molecular complexity index is 641. The van der Waals surface area contributed by atoms with Gasteiger partial charge >= 0.3 is 0 Å². The van der Waals surface area contributed by atoms with Gasteiger partial charge in [-0.3, -0.25) is 9.67 Å². The number of nitrogens with zero attached hydrogens (tertiary/aromatic N) is 3. The Morgan fingerprint density at radius 2 is 2.12 bits per heavy atom. The van der Waals surface area contributed by atoms with Gasteiger partial charge in [-0.05, 0) is 31.2 Å². The van der Waals surface area contributed by atoms with Crippen LogP contribution in [0.2, 0.25) is 0 Å². The van der Waals surface area contributed by atoms with Gasteiger partial charge in [0.1, 0.15) is 0 Å². The van der Waals surface area contributed by atoms with Crippen molar-refractivity contribution in [1.82, 2.24) is 14.8 Å². The predicted octanol–water partition coefficient (Wildman–Crippen LogP) is 2.79. The van der Waals surface area contributed by atoms with Crippen molar-refractivity contribution in [1.29, 1.82) is 0 Å². The van der Waals surface area contributed by atoms with Gasteiger partial charge in [0.05, 0.1) is 17.8 Å². The number of pyridine rings is 1. The van der Waals surface area contributed by atoms with Crippen molar-refractivity contribution in [2.24, 2.45) is 0 Å². The van der Waals surface area contributed by atoms with Crippen LogP contribution in [0.5, 0.6) is 0 Å². The molecule has 3 nitrogen and oxygen atoms in total. The zero-order valence-corrected chi connectivity index (χ0v) is 9.67. The second kappa shape index (κ2) is 4.01. The molecule has 0 amide bonds. The Morgan fingerprint density at radius 1 is 1.18 bits per heavy atom. The van der Waals surface area contributed by atoms with E-state index in [2.05, 4.69) is 41.4 Å². The van der Waals surface area contributed by atoms with Crippen molar-refractivity contribution in [3.63, 3.8) is 0 Å². The molecule has 2 aromatic heterocycles. The third-order valence-corrected chi connectivity index (χ3v) is 2.76. The fourth-order valence-corrected chi connectivity index (χ4v) is 1.93. The molecule has 0 spiro atoms. The summed E-state index contributed by atoms with van der Waals surface area (Å²) < 4.78 is 1.94. The zero-order chi connectivity index (χ0) is 11.7. The van der Waals surface area contributed by atoms with Crippen LogP contribution in [0.4, 0.5) is 0 Å². The van der Waals surface area contributed by atoms with Crippen LogP contribution in [0, 0.1) is 6.92 Å². The summed E-state index contributed by atoms with van der Waals surface area (Å²) in [5.74, 6) is 0. The number of aryl methyl sites for hydroxylation is 1. The van der Waals surface area contributed by atoms with Gasteiger partial charge in [0.2, 0.25) is 0 Å². The van der Waals surface area contributed by atoms with E-state index in [1.54, 1.807) is 0 Å². The van der Waals surface area contributed by atoms with Gasteiger partial charge in [-0.2, -0.15) is 5.10 Å². The highest BCUT2D eigenvalue weighted by Gasteiger charge is 2.01. The molecule has 3 rings (SSSR count). The Kier molecular flexibility index (Phi) is 2.37. The topological polar surface area (TPSA) is 30.7 Å². The van der Waals surface area contributed by atoms with E-state index in [0.29, 0.717) is 6.54 Å². The third kappa shape index (κ3) is 2.04. The van der Waals surface area contributed by atoms with Crippen LogP contribution in [0.25, 0.3) is 10.9 Å². The second-order valence-electron chi connectivity index (χ2n) is 4.21.